The van der Waals surface area contributed by atoms with Crippen molar-refractivity contribution in [2.75, 3.05) is 13.1 Å². The number of imide groups is 1. The lowest BCUT2D eigenvalue weighted by Gasteiger charge is -2.34. The van der Waals surface area contributed by atoms with Gasteiger partial charge in [-0.2, -0.15) is 4.31 Å². The summed E-state index contributed by atoms with van der Waals surface area (Å²) in [6.45, 7) is 6.24. The molecule has 1 heterocycles. The second kappa shape index (κ2) is 9.35. The highest BCUT2D eigenvalue weighted by atomic mass is 32.2. The molecule has 10 heteroatoms. The Balaban J connectivity index is 1.65. The van der Waals surface area contributed by atoms with Gasteiger partial charge >= 0.3 is 12.0 Å². The lowest BCUT2D eigenvalue weighted by molar-refractivity contribution is -0.127. The summed E-state index contributed by atoms with van der Waals surface area (Å²) in [4.78, 5) is 36.2. The van der Waals surface area contributed by atoms with Crippen LogP contribution in [0.15, 0.2) is 29.2 Å². The predicted octanol–water partition coefficient (Wildman–Crippen LogP) is 1.89. The van der Waals surface area contributed by atoms with Crippen molar-refractivity contribution >= 4 is 27.9 Å². The lowest BCUT2D eigenvalue weighted by Crippen LogP contribution is -2.45. The molecule has 31 heavy (non-hydrogen) atoms. The Hall–Kier alpha value is -2.46. The molecule has 1 saturated heterocycles. The minimum absolute atomic E-state index is 0.00386. The molecule has 3 unspecified atom stereocenters. The molecule has 3 atom stereocenters. The molecule has 0 bridgehead atoms. The van der Waals surface area contributed by atoms with E-state index in [9.17, 15) is 22.8 Å². The molecule has 3 rings (SSSR count). The molecule has 9 nitrogen and oxygen atoms in total. The summed E-state index contributed by atoms with van der Waals surface area (Å²) in [5.41, 5.74) is 0.0151. The fourth-order valence-electron chi connectivity index (χ4n) is 3.68. The summed E-state index contributed by atoms with van der Waals surface area (Å²) < 4.78 is 32.7. The number of hydrogen-bond acceptors (Lipinski definition) is 6. The van der Waals surface area contributed by atoms with E-state index < -0.39 is 34.0 Å². The third-order valence-electron chi connectivity index (χ3n) is 5.35. The van der Waals surface area contributed by atoms with Crippen molar-refractivity contribution in [2.24, 2.45) is 11.8 Å². The number of amides is 3. The topological polar surface area (TPSA) is 122 Å². The summed E-state index contributed by atoms with van der Waals surface area (Å²) in [7, 11) is -3.76. The van der Waals surface area contributed by atoms with E-state index >= 15 is 0 Å². The highest BCUT2D eigenvalue weighted by Crippen LogP contribution is 2.27. The van der Waals surface area contributed by atoms with Crippen LogP contribution in [0.25, 0.3) is 0 Å². The van der Waals surface area contributed by atoms with Crippen LogP contribution in [-0.2, 0) is 19.6 Å². The van der Waals surface area contributed by atoms with Crippen molar-refractivity contribution in [1.29, 1.82) is 0 Å². The van der Waals surface area contributed by atoms with Gasteiger partial charge in [0.2, 0.25) is 10.0 Å². The van der Waals surface area contributed by atoms with Gasteiger partial charge in [0, 0.05) is 19.1 Å². The Morgan fingerprint density at radius 3 is 2.39 bits per heavy atom. The molecule has 1 saturated carbocycles. The van der Waals surface area contributed by atoms with Crippen molar-refractivity contribution in [2.45, 2.75) is 57.1 Å². The molecule has 1 aliphatic carbocycles. The first-order chi connectivity index (χ1) is 14.6. The first-order valence-corrected chi connectivity index (χ1v) is 11.9. The average Bonchev–Trinajstić information content (AvgIpc) is 3.51. The summed E-state index contributed by atoms with van der Waals surface area (Å²) in [6, 6.07) is 5.04. The van der Waals surface area contributed by atoms with Gasteiger partial charge in [0.15, 0.2) is 6.10 Å². The number of nitrogens with zero attached hydrogens (tertiary/aromatic N) is 1. The monoisotopic (exact) mass is 451 g/mol. The van der Waals surface area contributed by atoms with Crippen molar-refractivity contribution in [3.8, 4) is 0 Å². The van der Waals surface area contributed by atoms with Crippen LogP contribution in [0.5, 0.6) is 0 Å². The first kappa shape index (κ1) is 23.2. The number of esters is 1. The van der Waals surface area contributed by atoms with Gasteiger partial charge < -0.3 is 10.1 Å². The number of carbonyl (C=O) groups excluding carboxylic acids is 3. The van der Waals surface area contributed by atoms with Crippen LogP contribution in [0.4, 0.5) is 4.79 Å². The average molecular weight is 452 g/mol. The van der Waals surface area contributed by atoms with Gasteiger partial charge in [-0.05, 0) is 56.2 Å². The third-order valence-corrected chi connectivity index (χ3v) is 7.17. The molecular weight excluding hydrogens is 422 g/mol. The largest absolute Gasteiger partial charge is 0.449 e. The van der Waals surface area contributed by atoms with Crippen LogP contribution in [0.2, 0.25) is 0 Å². The van der Waals surface area contributed by atoms with Gasteiger partial charge in [0.05, 0.1) is 10.5 Å². The fraction of sp³-hybridized carbons (Fsp3) is 0.571. The zero-order valence-corrected chi connectivity index (χ0v) is 18.8. The maximum Gasteiger partial charge on any atom is 0.338 e. The number of carbonyl (C=O) groups is 3. The second-order valence-electron chi connectivity index (χ2n) is 8.58. The Bertz CT molecular complexity index is 950. The molecule has 2 fully saturated rings. The summed E-state index contributed by atoms with van der Waals surface area (Å²) in [5, 5.41) is 4.73. The Kier molecular flexibility index (Phi) is 7.00. The number of nitrogens with one attached hydrogen (secondary N) is 2. The maximum atomic E-state index is 13.1. The van der Waals surface area contributed by atoms with E-state index in [-0.39, 0.29) is 28.3 Å². The predicted molar refractivity (Wildman–Crippen MR) is 113 cm³/mol. The van der Waals surface area contributed by atoms with Gasteiger partial charge in [-0.1, -0.05) is 19.9 Å². The maximum absolute atomic E-state index is 13.1. The number of ether oxygens (including phenoxy) is 1. The van der Waals surface area contributed by atoms with Crippen LogP contribution in [0.1, 0.15) is 50.4 Å². The molecule has 2 aliphatic rings. The van der Waals surface area contributed by atoms with Crippen LogP contribution in [-0.4, -0.2) is 55.9 Å². The molecule has 1 aromatic rings. The van der Waals surface area contributed by atoms with E-state index in [1.807, 2.05) is 13.8 Å². The molecule has 2 N–H and O–H groups in total. The van der Waals surface area contributed by atoms with Crippen molar-refractivity contribution < 1.29 is 27.5 Å². The van der Waals surface area contributed by atoms with E-state index in [2.05, 4.69) is 10.6 Å². The van der Waals surface area contributed by atoms with Crippen LogP contribution < -0.4 is 10.6 Å². The smallest absolute Gasteiger partial charge is 0.338 e. The number of hydrogen-bond donors (Lipinski definition) is 2. The standard InChI is InChI=1S/C21H29N3O6S/c1-13-9-14(2)12-24(11-13)31(28,29)18-6-4-5-16(10-18)20(26)30-15(3)19(25)23-21(27)22-17-7-8-17/h4-6,10,13-15,17H,7-9,11-12H2,1-3H3,(H2,22,23,25,27). The summed E-state index contributed by atoms with van der Waals surface area (Å²) >= 11 is 0. The highest BCUT2D eigenvalue weighted by Gasteiger charge is 2.32. The Morgan fingerprint density at radius 1 is 1.13 bits per heavy atom. The molecule has 3 amide bonds. The number of rotatable bonds is 6. The quantitative estimate of drug-likeness (QED) is 0.637. The van der Waals surface area contributed by atoms with Crippen molar-refractivity contribution in [3.05, 3.63) is 29.8 Å². The number of benzene rings is 1. The second-order valence-corrected chi connectivity index (χ2v) is 10.5. The van der Waals surface area contributed by atoms with Gasteiger partial charge in [-0.3, -0.25) is 10.1 Å². The van der Waals surface area contributed by atoms with E-state index in [1.165, 1.54) is 35.5 Å². The van der Waals surface area contributed by atoms with E-state index in [0.29, 0.717) is 13.1 Å². The zero-order chi connectivity index (χ0) is 22.8. The molecule has 0 radical (unpaired) electrons. The van der Waals surface area contributed by atoms with E-state index in [1.54, 1.807) is 0 Å². The van der Waals surface area contributed by atoms with Crippen molar-refractivity contribution in [3.63, 3.8) is 0 Å². The molecule has 1 aliphatic heterocycles. The van der Waals surface area contributed by atoms with Crippen LogP contribution >= 0.6 is 0 Å². The van der Waals surface area contributed by atoms with Gasteiger partial charge in [-0.25, -0.2) is 18.0 Å². The molecule has 0 aromatic heterocycles. The van der Waals surface area contributed by atoms with Gasteiger partial charge in [0.25, 0.3) is 5.91 Å². The van der Waals surface area contributed by atoms with Gasteiger partial charge in [0.1, 0.15) is 0 Å². The molecule has 170 valence electrons. The number of urea groups is 1. The zero-order valence-electron chi connectivity index (χ0n) is 18.0. The summed E-state index contributed by atoms with van der Waals surface area (Å²) in [6.07, 6.45) is 1.50. The van der Waals surface area contributed by atoms with E-state index in [0.717, 1.165) is 19.3 Å². The Labute approximate surface area is 182 Å². The number of sulfonamides is 1. The fourth-order valence-corrected chi connectivity index (χ4v) is 5.41. The van der Waals surface area contributed by atoms with Gasteiger partial charge in [-0.15, -0.1) is 0 Å². The third kappa shape index (κ3) is 6.04. The minimum Gasteiger partial charge on any atom is -0.449 e. The van der Waals surface area contributed by atoms with Crippen molar-refractivity contribution in [1.82, 2.24) is 14.9 Å². The molecule has 0 spiro atoms. The Morgan fingerprint density at radius 2 is 1.77 bits per heavy atom. The first-order valence-electron chi connectivity index (χ1n) is 10.5. The normalized spacial score (nSPS) is 22.9. The van der Waals surface area contributed by atoms with Crippen LogP contribution in [0, 0.1) is 11.8 Å². The van der Waals surface area contributed by atoms with Crippen LogP contribution in [0.3, 0.4) is 0 Å². The number of piperidine rings is 1. The lowest BCUT2D eigenvalue weighted by atomic mass is 9.94. The minimum atomic E-state index is -3.76. The van der Waals surface area contributed by atoms with E-state index in [4.69, 9.17) is 4.74 Å². The molecular formula is C21H29N3O6S. The molecule has 1 aromatic carbocycles. The summed E-state index contributed by atoms with van der Waals surface area (Å²) in [5.74, 6) is -1.10. The SMILES string of the molecule is CC1CC(C)CN(S(=O)(=O)c2cccc(C(=O)OC(C)C(=O)NC(=O)NC3CC3)c2)C1. The highest BCUT2D eigenvalue weighted by molar-refractivity contribution is 7.89.